The Balaban J connectivity index is 1.41. The second kappa shape index (κ2) is 10.7. The molecule has 0 saturated heterocycles. The molecule has 2 aromatic carbocycles. The van der Waals surface area contributed by atoms with Gasteiger partial charge in [-0.25, -0.2) is 30.8 Å². The van der Waals surface area contributed by atoms with E-state index in [9.17, 15) is 0 Å². The maximum Gasteiger partial charge on any atom is 0.221 e. The number of aromatic nitrogens is 4. The summed E-state index contributed by atoms with van der Waals surface area (Å²) in [7, 11) is 0. The molecule has 12 nitrogen and oxygen atoms in total. The number of nitrogens with zero attached hydrogens (tertiary/aromatic N) is 8. The quantitative estimate of drug-likeness (QED) is 0.185. The Bertz CT molecular complexity index is 1850. The van der Waals surface area contributed by atoms with Crippen molar-refractivity contribution in [1.82, 2.24) is 40.3 Å². The van der Waals surface area contributed by atoms with E-state index in [0.717, 1.165) is 52.6 Å². The Morgan fingerprint density at radius 2 is 1.39 bits per heavy atom. The molecule has 0 radical (unpaired) electrons. The molecular formula is C28H25ClN12. The third-order valence-corrected chi connectivity index (χ3v) is 6.92. The Kier molecular flexibility index (Phi) is 6.49. The van der Waals surface area contributed by atoms with Gasteiger partial charge in [0.25, 0.3) is 0 Å². The van der Waals surface area contributed by atoms with Crippen molar-refractivity contribution in [1.29, 1.82) is 0 Å². The first-order valence-corrected chi connectivity index (χ1v) is 13.5. The molecule has 0 bridgehead atoms. The molecule has 3 aromatic heterocycles. The van der Waals surface area contributed by atoms with Crippen LogP contribution in [0, 0.1) is 0 Å². The fraction of sp³-hybridized carbons (Fsp3) is 0.143. The number of nitrogens with one attached hydrogen (secondary N) is 4. The van der Waals surface area contributed by atoms with Crippen LogP contribution in [0.15, 0.2) is 87.0 Å². The number of hydrogen-bond acceptors (Lipinski definition) is 10. The number of rotatable bonds is 6. The van der Waals surface area contributed by atoms with Gasteiger partial charge in [0.1, 0.15) is 11.3 Å². The van der Waals surface area contributed by atoms with Gasteiger partial charge in [-0.15, -0.1) is 0 Å². The lowest BCUT2D eigenvalue weighted by molar-refractivity contribution is 0.918. The van der Waals surface area contributed by atoms with Gasteiger partial charge in [0, 0.05) is 35.4 Å². The third-order valence-electron chi connectivity index (χ3n) is 6.67. The van der Waals surface area contributed by atoms with E-state index in [1.54, 1.807) is 12.4 Å². The van der Waals surface area contributed by atoms with Gasteiger partial charge in [-0.3, -0.25) is 8.80 Å². The molecule has 5 heterocycles. The van der Waals surface area contributed by atoms with Gasteiger partial charge >= 0.3 is 0 Å². The summed E-state index contributed by atoms with van der Waals surface area (Å²) in [6, 6.07) is 19.6. The molecule has 0 spiro atoms. The smallest absolute Gasteiger partial charge is 0.221 e. The summed E-state index contributed by atoms with van der Waals surface area (Å²) in [4.78, 5) is 18.8. The molecule has 0 atom stereocenters. The minimum Gasteiger partial charge on any atom is -0.353 e. The summed E-state index contributed by atoms with van der Waals surface area (Å²) in [5.74, 6) is 1.93. The average Bonchev–Trinajstić information content (AvgIpc) is 3.81. The Labute approximate surface area is 239 Å². The standard InChI is InChI=1S/C28H25ClN12/c29-20-8-6-19(7-9-20)24-21(16-34-38-26-30-11-12-31-26)40-15-10-23-36-25(18-4-2-1-3-5-18)22(41(23)28(40)37-24)17-35-39-27-32-13-14-33-27/h1-10,15-17H,11-14H2,(H2,30,31,38)(H2,32,33,39)/b34-16+,35-17+. The highest BCUT2D eigenvalue weighted by Gasteiger charge is 2.20. The van der Waals surface area contributed by atoms with Crippen LogP contribution in [0.5, 0.6) is 0 Å². The molecule has 204 valence electrons. The average molecular weight is 565 g/mol. The third kappa shape index (κ3) is 4.85. The van der Waals surface area contributed by atoms with Crippen molar-refractivity contribution in [3.8, 4) is 22.5 Å². The molecule has 0 saturated carbocycles. The van der Waals surface area contributed by atoms with Crippen LogP contribution in [-0.2, 0) is 0 Å². The second-order valence-electron chi connectivity index (χ2n) is 9.30. The topological polar surface area (TPSA) is 132 Å². The number of guanidine groups is 2. The predicted molar refractivity (Wildman–Crippen MR) is 162 cm³/mol. The first kappa shape index (κ1) is 24.8. The SMILES string of the molecule is Clc1ccc(-c2nc3n(ccc4nc(-c5ccccc5)c(/C=N/NC5=NCCN5)n43)c2/C=N/NC2=NCCN2)cc1. The van der Waals surface area contributed by atoms with Gasteiger partial charge in [0.05, 0.1) is 42.6 Å². The highest BCUT2D eigenvalue weighted by molar-refractivity contribution is 6.30. The molecule has 2 aliphatic rings. The molecule has 0 amide bonds. The van der Waals surface area contributed by atoms with Gasteiger partial charge in [-0.05, 0) is 18.2 Å². The van der Waals surface area contributed by atoms with E-state index in [1.165, 1.54) is 0 Å². The molecular weight excluding hydrogens is 540 g/mol. The fourth-order valence-corrected chi connectivity index (χ4v) is 4.90. The van der Waals surface area contributed by atoms with Crippen LogP contribution < -0.4 is 21.5 Å². The normalized spacial score (nSPS) is 15.0. The van der Waals surface area contributed by atoms with E-state index in [2.05, 4.69) is 41.7 Å². The van der Waals surface area contributed by atoms with E-state index in [1.807, 2.05) is 75.7 Å². The molecule has 7 rings (SSSR count). The van der Waals surface area contributed by atoms with Crippen molar-refractivity contribution >= 4 is 47.4 Å². The summed E-state index contributed by atoms with van der Waals surface area (Å²) in [5, 5.41) is 15.9. The van der Waals surface area contributed by atoms with Crippen LogP contribution in [0.2, 0.25) is 5.02 Å². The van der Waals surface area contributed by atoms with Crippen LogP contribution >= 0.6 is 11.6 Å². The monoisotopic (exact) mass is 564 g/mol. The van der Waals surface area contributed by atoms with Crippen molar-refractivity contribution in [2.45, 2.75) is 0 Å². The zero-order chi connectivity index (χ0) is 27.6. The highest BCUT2D eigenvalue weighted by atomic mass is 35.5. The molecule has 13 heteroatoms. The lowest BCUT2D eigenvalue weighted by Gasteiger charge is -2.04. The van der Waals surface area contributed by atoms with E-state index in [-0.39, 0.29) is 0 Å². The molecule has 4 N–H and O–H groups in total. The predicted octanol–water partition coefficient (Wildman–Crippen LogP) is 2.73. The maximum absolute atomic E-state index is 6.20. The van der Waals surface area contributed by atoms with E-state index in [4.69, 9.17) is 21.6 Å². The van der Waals surface area contributed by atoms with Crippen molar-refractivity contribution in [3.63, 3.8) is 0 Å². The number of halogens is 1. The number of benzene rings is 2. The summed E-state index contributed by atoms with van der Waals surface area (Å²) in [6.07, 6.45) is 5.44. The van der Waals surface area contributed by atoms with Crippen molar-refractivity contribution in [2.75, 3.05) is 26.2 Å². The van der Waals surface area contributed by atoms with E-state index in [0.29, 0.717) is 35.8 Å². The lowest BCUT2D eigenvalue weighted by atomic mass is 10.1. The molecule has 5 aromatic rings. The van der Waals surface area contributed by atoms with Gasteiger partial charge in [-0.2, -0.15) is 10.2 Å². The van der Waals surface area contributed by atoms with E-state index >= 15 is 0 Å². The number of fused-ring (bicyclic) bond motifs is 3. The number of hydrazone groups is 2. The summed E-state index contributed by atoms with van der Waals surface area (Å²) >= 11 is 6.20. The Hall–Kier alpha value is -5.23. The van der Waals surface area contributed by atoms with Crippen molar-refractivity contribution in [2.24, 2.45) is 20.2 Å². The van der Waals surface area contributed by atoms with Crippen LogP contribution in [0.25, 0.3) is 33.9 Å². The van der Waals surface area contributed by atoms with Gasteiger partial charge < -0.3 is 10.6 Å². The second-order valence-corrected chi connectivity index (χ2v) is 9.73. The minimum atomic E-state index is 0.639. The molecule has 41 heavy (non-hydrogen) atoms. The Morgan fingerprint density at radius 3 is 2.05 bits per heavy atom. The number of imidazole rings is 2. The zero-order valence-electron chi connectivity index (χ0n) is 21.8. The number of hydrogen-bond donors (Lipinski definition) is 4. The summed E-state index contributed by atoms with van der Waals surface area (Å²) < 4.78 is 3.97. The minimum absolute atomic E-state index is 0.639. The number of aliphatic imine (C=N–C) groups is 2. The van der Waals surface area contributed by atoms with Crippen LogP contribution in [-0.4, -0.2) is 69.3 Å². The van der Waals surface area contributed by atoms with Crippen molar-refractivity contribution < 1.29 is 0 Å². The van der Waals surface area contributed by atoms with Crippen LogP contribution in [0.3, 0.4) is 0 Å². The van der Waals surface area contributed by atoms with E-state index < -0.39 is 0 Å². The molecule has 0 fully saturated rings. The van der Waals surface area contributed by atoms with Crippen LogP contribution in [0.1, 0.15) is 11.4 Å². The van der Waals surface area contributed by atoms with Gasteiger partial charge in [0.15, 0.2) is 0 Å². The largest absolute Gasteiger partial charge is 0.353 e. The van der Waals surface area contributed by atoms with Gasteiger partial charge in [-0.1, -0.05) is 54.1 Å². The lowest BCUT2D eigenvalue weighted by Crippen LogP contribution is -2.30. The highest BCUT2D eigenvalue weighted by Crippen LogP contribution is 2.29. The summed E-state index contributed by atoms with van der Waals surface area (Å²) in [6.45, 7) is 3.00. The first-order valence-electron chi connectivity index (χ1n) is 13.1. The van der Waals surface area contributed by atoms with Gasteiger partial charge in [0.2, 0.25) is 17.7 Å². The first-order chi connectivity index (χ1) is 20.2. The molecule has 2 aliphatic heterocycles. The van der Waals surface area contributed by atoms with Crippen LogP contribution in [0.4, 0.5) is 0 Å². The van der Waals surface area contributed by atoms with Crippen molar-refractivity contribution in [3.05, 3.63) is 83.3 Å². The maximum atomic E-state index is 6.20. The Morgan fingerprint density at radius 1 is 0.756 bits per heavy atom. The molecule has 0 unspecified atom stereocenters. The molecule has 0 aliphatic carbocycles. The fourth-order valence-electron chi connectivity index (χ4n) is 4.78. The zero-order valence-corrected chi connectivity index (χ0v) is 22.5. The summed E-state index contributed by atoms with van der Waals surface area (Å²) in [5.41, 5.74) is 11.6.